The Morgan fingerprint density at radius 1 is 1.28 bits per heavy atom. The van der Waals surface area contributed by atoms with Gasteiger partial charge in [0.25, 0.3) is 0 Å². The van der Waals surface area contributed by atoms with Crippen LogP contribution in [0.25, 0.3) is 0 Å². The Hall–Kier alpha value is -2.69. The number of hydrazone groups is 1. The molecule has 1 heterocycles. The number of aromatic nitrogens is 1. The first-order chi connectivity index (χ1) is 8.75. The number of carboxylic acid groups (broad SMARTS) is 1. The number of rotatable bonds is 4. The average Bonchev–Trinajstić information content (AvgIpc) is 2.40. The molecule has 90 valence electrons. The topological polar surface area (TPSA) is 74.6 Å². The van der Waals surface area contributed by atoms with Gasteiger partial charge in [-0.3, -0.25) is 10.4 Å². The van der Waals surface area contributed by atoms with Gasteiger partial charge in [0.1, 0.15) is 0 Å². The van der Waals surface area contributed by atoms with Crippen LogP contribution in [-0.4, -0.2) is 22.3 Å². The third-order valence-corrected chi connectivity index (χ3v) is 2.19. The summed E-state index contributed by atoms with van der Waals surface area (Å²) in [5.41, 5.74) is 4.30. The van der Waals surface area contributed by atoms with Crippen LogP contribution >= 0.6 is 0 Å². The minimum absolute atomic E-state index is 0.216. The summed E-state index contributed by atoms with van der Waals surface area (Å²) in [6.45, 7) is 0. The molecule has 2 N–H and O–H groups in total. The number of nitrogens with one attached hydrogen (secondary N) is 1. The Bertz CT molecular complexity index is 567. The van der Waals surface area contributed by atoms with Crippen LogP contribution in [0.1, 0.15) is 16.1 Å². The molecule has 0 saturated carbocycles. The third-order valence-electron chi connectivity index (χ3n) is 2.19. The lowest BCUT2D eigenvalue weighted by Crippen LogP contribution is -1.98. The highest BCUT2D eigenvalue weighted by Crippen LogP contribution is 2.10. The summed E-state index contributed by atoms with van der Waals surface area (Å²) in [5.74, 6) is -0.965. The number of benzene rings is 1. The number of aromatic carboxylic acids is 1. The lowest BCUT2D eigenvalue weighted by atomic mass is 10.2. The van der Waals surface area contributed by atoms with E-state index in [2.05, 4.69) is 15.5 Å². The summed E-state index contributed by atoms with van der Waals surface area (Å²) < 4.78 is 0. The van der Waals surface area contributed by atoms with Crippen molar-refractivity contribution in [1.82, 2.24) is 4.98 Å². The fraction of sp³-hybridized carbons (Fsp3) is 0. The maximum atomic E-state index is 10.8. The number of pyridine rings is 1. The summed E-state index contributed by atoms with van der Waals surface area (Å²) in [7, 11) is 0. The second-order valence-corrected chi connectivity index (χ2v) is 3.51. The highest BCUT2D eigenvalue weighted by atomic mass is 16.4. The maximum absolute atomic E-state index is 10.8. The maximum Gasteiger partial charge on any atom is 0.335 e. The summed E-state index contributed by atoms with van der Waals surface area (Å²) in [4.78, 5) is 14.8. The average molecular weight is 241 g/mol. The summed E-state index contributed by atoms with van der Waals surface area (Å²) in [5, 5.41) is 12.8. The molecule has 0 aliphatic rings. The van der Waals surface area contributed by atoms with Crippen LogP contribution in [0, 0.1) is 0 Å². The number of anilines is 1. The second kappa shape index (κ2) is 5.58. The van der Waals surface area contributed by atoms with Gasteiger partial charge in [-0.05, 0) is 30.3 Å². The van der Waals surface area contributed by atoms with Gasteiger partial charge in [-0.15, -0.1) is 0 Å². The number of nitrogens with zero attached hydrogens (tertiary/aromatic N) is 2. The number of carbonyl (C=O) groups is 1. The van der Waals surface area contributed by atoms with Crippen molar-refractivity contribution in [2.45, 2.75) is 0 Å². The van der Waals surface area contributed by atoms with Crippen LogP contribution in [0.15, 0.2) is 53.8 Å². The van der Waals surface area contributed by atoms with E-state index in [1.807, 2.05) is 18.2 Å². The Morgan fingerprint density at radius 3 is 2.89 bits per heavy atom. The third kappa shape index (κ3) is 3.15. The lowest BCUT2D eigenvalue weighted by Gasteiger charge is -2.01. The molecule has 0 amide bonds. The molecule has 18 heavy (non-hydrogen) atoms. The molecule has 5 nitrogen and oxygen atoms in total. The van der Waals surface area contributed by atoms with Crippen LogP contribution in [0.4, 0.5) is 5.69 Å². The summed E-state index contributed by atoms with van der Waals surface area (Å²) in [6, 6.07) is 11.9. The minimum atomic E-state index is -0.965. The van der Waals surface area contributed by atoms with Crippen molar-refractivity contribution in [3.8, 4) is 0 Å². The molecule has 2 rings (SSSR count). The first-order valence-electron chi connectivity index (χ1n) is 5.29. The molecular formula is C13H11N3O2. The fourth-order valence-corrected chi connectivity index (χ4v) is 1.35. The van der Waals surface area contributed by atoms with Gasteiger partial charge in [-0.2, -0.15) is 5.10 Å². The minimum Gasteiger partial charge on any atom is -0.478 e. The zero-order valence-electron chi connectivity index (χ0n) is 9.45. The standard InChI is InChI=1S/C13H11N3O2/c17-13(18)10-4-3-6-11(8-10)16-15-9-12-5-1-2-7-14-12/h1-9,16H,(H,17,18)/b15-9+. The van der Waals surface area contributed by atoms with Gasteiger partial charge in [-0.25, -0.2) is 4.79 Å². The van der Waals surface area contributed by atoms with Gasteiger partial charge in [0, 0.05) is 6.20 Å². The first-order valence-corrected chi connectivity index (χ1v) is 5.29. The van der Waals surface area contributed by atoms with Crippen LogP contribution in [-0.2, 0) is 0 Å². The molecule has 0 radical (unpaired) electrons. The molecule has 0 spiro atoms. The van der Waals surface area contributed by atoms with E-state index in [9.17, 15) is 4.79 Å². The number of carboxylic acids is 1. The molecule has 0 atom stereocenters. The molecular weight excluding hydrogens is 230 g/mol. The van der Waals surface area contributed by atoms with Gasteiger partial charge >= 0.3 is 5.97 Å². The van der Waals surface area contributed by atoms with E-state index in [1.54, 1.807) is 24.5 Å². The fourth-order valence-electron chi connectivity index (χ4n) is 1.35. The van der Waals surface area contributed by atoms with Gasteiger partial charge in [0.05, 0.1) is 23.2 Å². The van der Waals surface area contributed by atoms with E-state index in [-0.39, 0.29) is 5.56 Å². The van der Waals surface area contributed by atoms with Crippen molar-refractivity contribution in [3.63, 3.8) is 0 Å². The predicted octanol–water partition coefficient (Wildman–Crippen LogP) is 2.23. The molecule has 5 heteroatoms. The monoisotopic (exact) mass is 241 g/mol. The number of hydrogen-bond donors (Lipinski definition) is 2. The normalized spacial score (nSPS) is 10.4. The van der Waals surface area contributed by atoms with Crippen LogP contribution in [0.3, 0.4) is 0 Å². The van der Waals surface area contributed by atoms with Crippen molar-refractivity contribution >= 4 is 17.9 Å². The SMILES string of the molecule is O=C(O)c1cccc(N/N=C/c2ccccn2)c1. The van der Waals surface area contributed by atoms with Gasteiger partial charge in [0.2, 0.25) is 0 Å². The Labute approximate surface area is 104 Å². The van der Waals surface area contributed by atoms with Crippen molar-refractivity contribution in [1.29, 1.82) is 0 Å². The molecule has 0 fully saturated rings. The Kier molecular flexibility index (Phi) is 3.66. The molecule has 2 aromatic rings. The van der Waals surface area contributed by atoms with E-state index in [4.69, 9.17) is 5.11 Å². The van der Waals surface area contributed by atoms with Crippen molar-refractivity contribution in [2.75, 3.05) is 5.43 Å². The smallest absolute Gasteiger partial charge is 0.335 e. The van der Waals surface area contributed by atoms with E-state index >= 15 is 0 Å². The van der Waals surface area contributed by atoms with Gasteiger partial charge in [0.15, 0.2) is 0 Å². The van der Waals surface area contributed by atoms with Crippen LogP contribution in [0.2, 0.25) is 0 Å². The van der Waals surface area contributed by atoms with E-state index in [1.165, 1.54) is 12.1 Å². The molecule has 1 aromatic carbocycles. The van der Waals surface area contributed by atoms with Crippen LogP contribution in [0.5, 0.6) is 0 Å². The van der Waals surface area contributed by atoms with Gasteiger partial charge < -0.3 is 5.11 Å². The highest BCUT2D eigenvalue weighted by Gasteiger charge is 2.01. The van der Waals surface area contributed by atoms with Crippen LogP contribution < -0.4 is 5.43 Å². The quantitative estimate of drug-likeness (QED) is 0.635. The summed E-state index contributed by atoms with van der Waals surface area (Å²) >= 11 is 0. The molecule has 0 unspecified atom stereocenters. The largest absolute Gasteiger partial charge is 0.478 e. The van der Waals surface area contributed by atoms with E-state index < -0.39 is 5.97 Å². The summed E-state index contributed by atoms with van der Waals surface area (Å²) in [6.07, 6.45) is 3.24. The predicted molar refractivity (Wildman–Crippen MR) is 68.9 cm³/mol. The lowest BCUT2D eigenvalue weighted by molar-refractivity contribution is 0.0697. The molecule has 0 saturated heterocycles. The van der Waals surface area contributed by atoms with E-state index in [0.29, 0.717) is 5.69 Å². The molecule has 0 aliphatic heterocycles. The zero-order valence-corrected chi connectivity index (χ0v) is 9.45. The number of hydrogen-bond acceptors (Lipinski definition) is 4. The second-order valence-electron chi connectivity index (χ2n) is 3.51. The molecule has 1 aromatic heterocycles. The van der Waals surface area contributed by atoms with Crippen molar-refractivity contribution in [2.24, 2.45) is 5.10 Å². The molecule has 0 bridgehead atoms. The van der Waals surface area contributed by atoms with Gasteiger partial charge in [-0.1, -0.05) is 12.1 Å². The van der Waals surface area contributed by atoms with Crippen molar-refractivity contribution < 1.29 is 9.90 Å². The zero-order chi connectivity index (χ0) is 12.8. The van der Waals surface area contributed by atoms with Crippen molar-refractivity contribution in [3.05, 3.63) is 59.9 Å². The first kappa shape index (κ1) is 11.8. The van der Waals surface area contributed by atoms with E-state index in [0.717, 1.165) is 5.69 Å². The Morgan fingerprint density at radius 2 is 2.17 bits per heavy atom. The highest BCUT2D eigenvalue weighted by molar-refractivity contribution is 5.88. The molecule has 0 aliphatic carbocycles. The Balaban J connectivity index is 2.04.